The van der Waals surface area contributed by atoms with Crippen LogP contribution in [0.25, 0.3) is 0 Å². The maximum absolute atomic E-state index is 11.0. The van der Waals surface area contributed by atoms with Gasteiger partial charge in [0.15, 0.2) is 0 Å². The number of likely N-dealkylation sites (tertiary alicyclic amines) is 1. The highest BCUT2D eigenvalue weighted by atomic mass is 16.5. The Morgan fingerprint density at radius 1 is 1.41 bits per heavy atom. The third-order valence-electron chi connectivity index (χ3n) is 3.09. The monoisotopic (exact) mass is 234 g/mol. The largest absolute Gasteiger partial charge is 0.490 e. The standard InChI is InChI=1S/C13H18N2O2/c1-15-7-5-11(6-8-15)17-12-4-2-3-10(9-12)13(14)16/h2-4,9,11H,5-8H2,1H3,(H2,14,16). The number of ether oxygens (including phenoxy) is 1. The maximum Gasteiger partial charge on any atom is 0.248 e. The molecule has 0 radical (unpaired) electrons. The lowest BCUT2D eigenvalue weighted by Crippen LogP contribution is -2.35. The Labute approximate surface area is 101 Å². The summed E-state index contributed by atoms with van der Waals surface area (Å²) in [5, 5.41) is 0. The average Bonchev–Trinajstić information content (AvgIpc) is 2.32. The van der Waals surface area contributed by atoms with E-state index >= 15 is 0 Å². The Hall–Kier alpha value is -1.55. The van der Waals surface area contributed by atoms with Crippen LogP contribution in [0.3, 0.4) is 0 Å². The smallest absolute Gasteiger partial charge is 0.248 e. The molecule has 0 saturated carbocycles. The van der Waals surface area contributed by atoms with Crippen LogP contribution in [0.4, 0.5) is 0 Å². The first kappa shape index (κ1) is 11.9. The predicted octanol–water partition coefficient (Wildman–Crippen LogP) is 1.26. The third kappa shape index (κ3) is 3.20. The highest BCUT2D eigenvalue weighted by molar-refractivity contribution is 5.93. The molecule has 1 aromatic rings. The van der Waals surface area contributed by atoms with Gasteiger partial charge in [0.1, 0.15) is 11.9 Å². The van der Waals surface area contributed by atoms with Gasteiger partial charge in [-0.3, -0.25) is 4.79 Å². The summed E-state index contributed by atoms with van der Waals surface area (Å²) < 4.78 is 5.86. The van der Waals surface area contributed by atoms with Crippen molar-refractivity contribution in [2.24, 2.45) is 5.73 Å². The molecule has 0 aliphatic carbocycles. The molecule has 0 unspecified atom stereocenters. The van der Waals surface area contributed by atoms with Gasteiger partial charge in [-0.15, -0.1) is 0 Å². The van der Waals surface area contributed by atoms with E-state index in [4.69, 9.17) is 10.5 Å². The van der Waals surface area contributed by atoms with Gasteiger partial charge in [-0.05, 0) is 38.1 Å². The van der Waals surface area contributed by atoms with Gasteiger partial charge in [-0.2, -0.15) is 0 Å². The molecule has 1 saturated heterocycles. The van der Waals surface area contributed by atoms with E-state index in [1.807, 2.05) is 6.07 Å². The first-order valence-corrected chi connectivity index (χ1v) is 5.90. The van der Waals surface area contributed by atoms with Crippen LogP contribution in [-0.4, -0.2) is 37.0 Å². The van der Waals surface area contributed by atoms with E-state index in [1.54, 1.807) is 18.2 Å². The molecule has 1 aliphatic heterocycles. The molecular weight excluding hydrogens is 216 g/mol. The van der Waals surface area contributed by atoms with Gasteiger partial charge in [-0.25, -0.2) is 0 Å². The van der Waals surface area contributed by atoms with E-state index in [1.165, 1.54) is 0 Å². The van der Waals surface area contributed by atoms with Gasteiger partial charge in [0.2, 0.25) is 5.91 Å². The maximum atomic E-state index is 11.0. The molecular formula is C13H18N2O2. The molecule has 1 heterocycles. The van der Waals surface area contributed by atoms with Gasteiger partial charge < -0.3 is 15.4 Å². The fraction of sp³-hybridized carbons (Fsp3) is 0.462. The van der Waals surface area contributed by atoms with Crippen LogP contribution < -0.4 is 10.5 Å². The Bertz CT molecular complexity index is 398. The Morgan fingerprint density at radius 2 is 2.12 bits per heavy atom. The number of carbonyl (C=O) groups is 1. The summed E-state index contributed by atoms with van der Waals surface area (Å²) in [4.78, 5) is 13.3. The van der Waals surface area contributed by atoms with E-state index in [0.29, 0.717) is 5.56 Å². The molecule has 1 amide bonds. The molecule has 4 heteroatoms. The van der Waals surface area contributed by atoms with Gasteiger partial charge in [-0.1, -0.05) is 6.07 Å². The number of nitrogens with zero attached hydrogens (tertiary/aromatic N) is 1. The van der Waals surface area contributed by atoms with Crippen molar-refractivity contribution in [3.63, 3.8) is 0 Å². The second-order valence-electron chi connectivity index (χ2n) is 4.51. The summed E-state index contributed by atoms with van der Waals surface area (Å²) in [7, 11) is 2.12. The van der Waals surface area contributed by atoms with Crippen molar-refractivity contribution in [1.82, 2.24) is 4.90 Å². The lowest BCUT2D eigenvalue weighted by atomic mass is 10.1. The highest BCUT2D eigenvalue weighted by Crippen LogP contribution is 2.19. The Kier molecular flexibility index (Phi) is 3.64. The number of piperidine rings is 1. The molecule has 1 aromatic carbocycles. The van der Waals surface area contributed by atoms with Crippen LogP contribution in [-0.2, 0) is 0 Å². The fourth-order valence-corrected chi connectivity index (χ4v) is 2.02. The molecule has 0 spiro atoms. The number of hydrogen-bond donors (Lipinski definition) is 1. The summed E-state index contributed by atoms with van der Waals surface area (Å²) >= 11 is 0. The van der Waals surface area contributed by atoms with Crippen LogP contribution in [0.2, 0.25) is 0 Å². The van der Waals surface area contributed by atoms with Crippen molar-refractivity contribution < 1.29 is 9.53 Å². The molecule has 1 fully saturated rings. The average molecular weight is 234 g/mol. The summed E-state index contributed by atoms with van der Waals surface area (Å²) in [6.07, 6.45) is 2.29. The SMILES string of the molecule is CN1CCC(Oc2cccc(C(N)=O)c2)CC1. The molecule has 92 valence electrons. The predicted molar refractivity (Wildman–Crippen MR) is 66.1 cm³/mol. The lowest BCUT2D eigenvalue weighted by molar-refractivity contribution is 0.0996. The van der Waals surface area contributed by atoms with Crippen LogP contribution in [0, 0.1) is 0 Å². The van der Waals surface area contributed by atoms with E-state index in [2.05, 4.69) is 11.9 Å². The summed E-state index contributed by atoms with van der Waals surface area (Å²) in [5.74, 6) is 0.315. The van der Waals surface area contributed by atoms with E-state index in [-0.39, 0.29) is 6.10 Å². The molecule has 0 bridgehead atoms. The number of carbonyl (C=O) groups excluding carboxylic acids is 1. The van der Waals surface area contributed by atoms with Gasteiger partial charge in [0.05, 0.1) is 0 Å². The normalized spacial score (nSPS) is 17.9. The highest BCUT2D eigenvalue weighted by Gasteiger charge is 2.18. The minimum absolute atomic E-state index is 0.245. The molecule has 17 heavy (non-hydrogen) atoms. The zero-order valence-electron chi connectivity index (χ0n) is 10.1. The van der Waals surface area contributed by atoms with Crippen LogP contribution in [0.1, 0.15) is 23.2 Å². The fourth-order valence-electron chi connectivity index (χ4n) is 2.02. The van der Waals surface area contributed by atoms with Crippen LogP contribution in [0.15, 0.2) is 24.3 Å². The minimum atomic E-state index is -0.418. The van der Waals surface area contributed by atoms with Crippen molar-refractivity contribution in [1.29, 1.82) is 0 Å². The van der Waals surface area contributed by atoms with Gasteiger partial charge >= 0.3 is 0 Å². The van der Waals surface area contributed by atoms with Crippen LogP contribution >= 0.6 is 0 Å². The van der Waals surface area contributed by atoms with Gasteiger partial charge in [0, 0.05) is 18.7 Å². The lowest BCUT2D eigenvalue weighted by Gasteiger charge is -2.29. The van der Waals surface area contributed by atoms with Crippen LogP contribution in [0.5, 0.6) is 5.75 Å². The number of benzene rings is 1. The molecule has 1 aliphatic rings. The first-order valence-electron chi connectivity index (χ1n) is 5.90. The molecule has 2 N–H and O–H groups in total. The quantitative estimate of drug-likeness (QED) is 0.856. The zero-order chi connectivity index (χ0) is 12.3. The first-order chi connectivity index (χ1) is 8.15. The Morgan fingerprint density at radius 3 is 2.76 bits per heavy atom. The summed E-state index contributed by atoms with van der Waals surface area (Å²) in [6, 6.07) is 7.07. The molecule has 0 atom stereocenters. The number of hydrogen-bond acceptors (Lipinski definition) is 3. The Balaban J connectivity index is 1.98. The number of amides is 1. The van der Waals surface area contributed by atoms with E-state index in [0.717, 1.165) is 31.7 Å². The van der Waals surface area contributed by atoms with Gasteiger partial charge in [0.25, 0.3) is 0 Å². The minimum Gasteiger partial charge on any atom is -0.490 e. The second-order valence-corrected chi connectivity index (χ2v) is 4.51. The second kappa shape index (κ2) is 5.19. The zero-order valence-corrected chi connectivity index (χ0v) is 10.1. The summed E-state index contributed by atoms with van der Waals surface area (Å²) in [5.41, 5.74) is 5.73. The number of nitrogens with two attached hydrogens (primary N) is 1. The summed E-state index contributed by atoms with van der Waals surface area (Å²) in [6.45, 7) is 2.11. The van der Waals surface area contributed by atoms with E-state index < -0.39 is 5.91 Å². The topological polar surface area (TPSA) is 55.6 Å². The molecule has 4 nitrogen and oxygen atoms in total. The number of rotatable bonds is 3. The molecule has 2 rings (SSSR count). The van der Waals surface area contributed by atoms with Crippen molar-refractivity contribution in [3.05, 3.63) is 29.8 Å². The van der Waals surface area contributed by atoms with Crippen molar-refractivity contribution in [2.45, 2.75) is 18.9 Å². The van der Waals surface area contributed by atoms with E-state index in [9.17, 15) is 4.79 Å². The van der Waals surface area contributed by atoms with Crippen molar-refractivity contribution >= 4 is 5.91 Å². The van der Waals surface area contributed by atoms with Crippen molar-refractivity contribution in [2.75, 3.05) is 20.1 Å². The van der Waals surface area contributed by atoms with Crippen molar-refractivity contribution in [3.8, 4) is 5.75 Å². The molecule has 0 aromatic heterocycles. The number of primary amides is 1. The third-order valence-corrected chi connectivity index (χ3v) is 3.09.